The first kappa shape index (κ1) is 16.2. The molecule has 2 amide bonds. The van der Waals surface area contributed by atoms with Crippen molar-refractivity contribution in [3.63, 3.8) is 0 Å². The number of amides is 2. The largest absolute Gasteiger partial charge is 0.378 e. The standard InChI is InChI=1S/C15H27N3O3/c1-11(2)18-14(20)8-17(10-15(18,3)4)13(19)7-12-9-21-6-5-16-12/h11-12,16H,5-10H2,1-4H3. The fraction of sp³-hybridized carbons (Fsp3) is 0.867. The van der Waals surface area contributed by atoms with E-state index >= 15 is 0 Å². The van der Waals surface area contributed by atoms with Crippen molar-refractivity contribution in [2.45, 2.75) is 51.7 Å². The Bertz CT molecular complexity index is 403. The van der Waals surface area contributed by atoms with E-state index in [0.717, 1.165) is 6.54 Å². The third-order valence-corrected chi connectivity index (χ3v) is 4.11. The number of nitrogens with zero attached hydrogens (tertiary/aromatic N) is 2. The molecule has 2 heterocycles. The lowest BCUT2D eigenvalue weighted by Gasteiger charge is -2.49. The zero-order valence-electron chi connectivity index (χ0n) is 13.5. The summed E-state index contributed by atoms with van der Waals surface area (Å²) in [6.45, 7) is 10.9. The van der Waals surface area contributed by atoms with Crippen LogP contribution in [0.1, 0.15) is 34.1 Å². The van der Waals surface area contributed by atoms with E-state index in [2.05, 4.69) is 5.32 Å². The molecule has 2 fully saturated rings. The number of carbonyl (C=O) groups is 2. The van der Waals surface area contributed by atoms with Crippen molar-refractivity contribution in [3.05, 3.63) is 0 Å². The highest BCUT2D eigenvalue weighted by Gasteiger charge is 2.41. The Labute approximate surface area is 126 Å². The van der Waals surface area contributed by atoms with Crippen LogP contribution in [-0.2, 0) is 14.3 Å². The molecule has 2 aliphatic rings. The Balaban J connectivity index is 1.98. The van der Waals surface area contributed by atoms with E-state index in [1.165, 1.54) is 0 Å². The van der Waals surface area contributed by atoms with Gasteiger partial charge in [0.1, 0.15) is 0 Å². The minimum absolute atomic E-state index is 0.0300. The monoisotopic (exact) mass is 297 g/mol. The maximum atomic E-state index is 12.4. The maximum absolute atomic E-state index is 12.4. The van der Waals surface area contributed by atoms with Gasteiger partial charge in [-0.1, -0.05) is 0 Å². The fourth-order valence-electron chi connectivity index (χ4n) is 3.43. The number of morpholine rings is 1. The summed E-state index contributed by atoms with van der Waals surface area (Å²) in [5.74, 6) is 0.0604. The summed E-state index contributed by atoms with van der Waals surface area (Å²) in [6, 6.07) is 0.214. The number of rotatable bonds is 3. The minimum atomic E-state index is -0.324. The van der Waals surface area contributed by atoms with E-state index < -0.39 is 0 Å². The van der Waals surface area contributed by atoms with E-state index in [4.69, 9.17) is 4.74 Å². The molecule has 0 bridgehead atoms. The van der Waals surface area contributed by atoms with Crippen LogP contribution < -0.4 is 5.32 Å². The van der Waals surface area contributed by atoms with E-state index in [1.807, 2.05) is 32.6 Å². The summed E-state index contributed by atoms with van der Waals surface area (Å²) in [6.07, 6.45) is 0.394. The van der Waals surface area contributed by atoms with Crippen LogP contribution in [0.4, 0.5) is 0 Å². The molecule has 0 aromatic heterocycles. The average Bonchev–Trinajstić information content (AvgIpc) is 2.37. The van der Waals surface area contributed by atoms with Crippen LogP contribution in [0.3, 0.4) is 0 Å². The molecule has 0 aromatic rings. The number of hydrogen-bond donors (Lipinski definition) is 1. The van der Waals surface area contributed by atoms with Gasteiger partial charge in [-0.05, 0) is 27.7 Å². The summed E-state index contributed by atoms with van der Waals surface area (Å²) in [7, 11) is 0. The summed E-state index contributed by atoms with van der Waals surface area (Å²) in [5, 5.41) is 3.28. The zero-order valence-corrected chi connectivity index (χ0v) is 13.5. The summed E-state index contributed by atoms with van der Waals surface area (Å²) < 4.78 is 5.37. The lowest BCUT2D eigenvalue weighted by molar-refractivity contribution is -0.156. The van der Waals surface area contributed by atoms with E-state index in [0.29, 0.717) is 26.2 Å². The van der Waals surface area contributed by atoms with Gasteiger partial charge in [-0.25, -0.2) is 0 Å². The highest BCUT2D eigenvalue weighted by atomic mass is 16.5. The van der Waals surface area contributed by atoms with Crippen molar-refractivity contribution >= 4 is 11.8 Å². The van der Waals surface area contributed by atoms with Crippen molar-refractivity contribution in [3.8, 4) is 0 Å². The van der Waals surface area contributed by atoms with Crippen LogP contribution >= 0.6 is 0 Å². The Morgan fingerprint density at radius 1 is 1.48 bits per heavy atom. The minimum Gasteiger partial charge on any atom is -0.378 e. The molecule has 1 unspecified atom stereocenters. The lowest BCUT2D eigenvalue weighted by Crippen LogP contribution is -2.65. The number of nitrogens with one attached hydrogen (secondary N) is 1. The quantitative estimate of drug-likeness (QED) is 0.810. The molecule has 0 aliphatic carbocycles. The predicted octanol–water partition coefficient (Wildman–Crippen LogP) is 0.223. The maximum Gasteiger partial charge on any atom is 0.242 e. The first-order valence-corrected chi connectivity index (χ1v) is 7.72. The molecular formula is C15H27N3O3. The van der Waals surface area contributed by atoms with Crippen LogP contribution in [0.2, 0.25) is 0 Å². The Morgan fingerprint density at radius 3 is 2.71 bits per heavy atom. The number of carbonyl (C=O) groups excluding carboxylic acids is 2. The summed E-state index contributed by atoms with van der Waals surface area (Å²) in [4.78, 5) is 28.4. The number of hydrogen-bond acceptors (Lipinski definition) is 4. The molecule has 6 heteroatoms. The smallest absolute Gasteiger partial charge is 0.242 e. The average molecular weight is 297 g/mol. The van der Waals surface area contributed by atoms with Crippen LogP contribution in [0.25, 0.3) is 0 Å². The van der Waals surface area contributed by atoms with Crippen LogP contribution in [0.5, 0.6) is 0 Å². The molecule has 120 valence electrons. The van der Waals surface area contributed by atoms with Gasteiger partial charge in [0.2, 0.25) is 11.8 Å². The van der Waals surface area contributed by atoms with Gasteiger partial charge >= 0.3 is 0 Å². The van der Waals surface area contributed by atoms with Gasteiger partial charge < -0.3 is 19.9 Å². The second kappa shape index (κ2) is 6.32. The van der Waals surface area contributed by atoms with Gasteiger partial charge in [0, 0.05) is 31.6 Å². The third-order valence-electron chi connectivity index (χ3n) is 4.11. The van der Waals surface area contributed by atoms with Crippen LogP contribution in [0, 0.1) is 0 Å². The molecule has 0 spiro atoms. The molecule has 2 rings (SSSR count). The Hall–Kier alpha value is -1.14. The van der Waals surface area contributed by atoms with Crippen LogP contribution in [-0.4, -0.2) is 72.1 Å². The highest BCUT2D eigenvalue weighted by Crippen LogP contribution is 2.24. The lowest BCUT2D eigenvalue weighted by atomic mass is 9.96. The second-order valence-corrected chi connectivity index (χ2v) is 6.85. The van der Waals surface area contributed by atoms with Crippen molar-refractivity contribution in [1.82, 2.24) is 15.1 Å². The molecule has 0 radical (unpaired) electrons. The zero-order chi connectivity index (χ0) is 15.6. The van der Waals surface area contributed by atoms with Gasteiger partial charge in [-0.15, -0.1) is 0 Å². The molecule has 1 N–H and O–H groups in total. The van der Waals surface area contributed by atoms with Gasteiger partial charge in [0.25, 0.3) is 0 Å². The van der Waals surface area contributed by atoms with Gasteiger partial charge in [-0.2, -0.15) is 0 Å². The van der Waals surface area contributed by atoms with Gasteiger partial charge in [0.15, 0.2) is 0 Å². The molecule has 2 saturated heterocycles. The van der Waals surface area contributed by atoms with Gasteiger partial charge in [-0.3, -0.25) is 9.59 Å². The molecule has 2 aliphatic heterocycles. The molecule has 6 nitrogen and oxygen atoms in total. The first-order valence-electron chi connectivity index (χ1n) is 7.72. The number of piperazine rings is 1. The van der Waals surface area contributed by atoms with Gasteiger partial charge in [0.05, 0.1) is 25.3 Å². The highest BCUT2D eigenvalue weighted by molar-refractivity contribution is 5.87. The van der Waals surface area contributed by atoms with Crippen molar-refractivity contribution in [1.29, 1.82) is 0 Å². The molecule has 0 aromatic carbocycles. The van der Waals surface area contributed by atoms with E-state index in [1.54, 1.807) is 4.90 Å². The SMILES string of the molecule is CC(C)N1C(=O)CN(C(=O)CC2COCCN2)CC1(C)C. The normalized spacial score (nSPS) is 26.3. The molecule has 1 atom stereocenters. The van der Waals surface area contributed by atoms with Crippen LogP contribution in [0.15, 0.2) is 0 Å². The molecule has 21 heavy (non-hydrogen) atoms. The fourth-order valence-corrected chi connectivity index (χ4v) is 3.43. The summed E-state index contributed by atoms with van der Waals surface area (Å²) in [5.41, 5.74) is -0.324. The Kier molecular flexibility index (Phi) is 4.88. The summed E-state index contributed by atoms with van der Waals surface area (Å²) >= 11 is 0. The number of ether oxygens (including phenoxy) is 1. The predicted molar refractivity (Wildman–Crippen MR) is 79.9 cm³/mol. The molecule has 0 saturated carbocycles. The van der Waals surface area contributed by atoms with Crippen molar-refractivity contribution < 1.29 is 14.3 Å². The Morgan fingerprint density at radius 2 is 2.19 bits per heavy atom. The van der Waals surface area contributed by atoms with Crippen molar-refractivity contribution in [2.24, 2.45) is 0 Å². The van der Waals surface area contributed by atoms with E-state index in [-0.39, 0.29) is 36.0 Å². The first-order chi connectivity index (χ1) is 9.81. The second-order valence-electron chi connectivity index (χ2n) is 6.85. The van der Waals surface area contributed by atoms with E-state index in [9.17, 15) is 9.59 Å². The van der Waals surface area contributed by atoms with Crippen molar-refractivity contribution in [2.75, 3.05) is 32.8 Å². The molecular weight excluding hydrogens is 270 g/mol. The topological polar surface area (TPSA) is 61.9 Å². The third kappa shape index (κ3) is 3.74.